The first-order chi connectivity index (χ1) is 12.0. The van der Waals surface area contributed by atoms with Crippen LogP contribution in [0.4, 0.5) is 5.69 Å². The second-order valence-electron chi connectivity index (χ2n) is 6.06. The van der Waals surface area contributed by atoms with Crippen molar-refractivity contribution in [1.29, 1.82) is 0 Å². The molecule has 0 spiro atoms. The van der Waals surface area contributed by atoms with E-state index in [9.17, 15) is 9.59 Å². The Bertz CT molecular complexity index is 782. The van der Waals surface area contributed by atoms with Crippen molar-refractivity contribution < 1.29 is 9.59 Å². The van der Waals surface area contributed by atoms with Crippen molar-refractivity contribution in [3.05, 3.63) is 59.1 Å². The van der Waals surface area contributed by atoms with Crippen LogP contribution in [-0.4, -0.2) is 23.6 Å². The number of amides is 2. The van der Waals surface area contributed by atoms with Crippen molar-refractivity contribution in [3.8, 4) is 0 Å². The zero-order valence-corrected chi connectivity index (χ0v) is 15.4. The topological polar surface area (TPSA) is 58.2 Å². The molecule has 0 aliphatic carbocycles. The molecule has 2 aromatic carbocycles. The Kier molecular flexibility index (Phi) is 5.66. The Morgan fingerprint density at radius 1 is 1.28 bits per heavy atom. The smallest absolute Gasteiger partial charge is 0.238 e. The summed E-state index contributed by atoms with van der Waals surface area (Å²) in [4.78, 5) is 25.4. The molecule has 0 radical (unpaired) electrons. The van der Waals surface area contributed by atoms with Gasteiger partial charge in [0.25, 0.3) is 0 Å². The van der Waals surface area contributed by atoms with Gasteiger partial charge < -0.3 is 10.6 Å². The number of fused-ring (bicyclic) bond motifs is 1. The number of thioether (sulfide) groups is 1. The summed E-state index contributed by atoms with van der Waals surface area (Å²) in [7, 11) is 0. The lowest BCUT2D eigenvalue weighted by atomic mass is 10.0. The van der Waals surface area contributed by atoms with Gasteiger partial charge in [-0.15, -0.1) is 11.8 Å². The molecular weight excluding hydrogens is 356 g/mol. The average Bonchev–Trinajstić information content (AvgIpc) is 2.61. The van der Waals surface area contributed by atoms with E-state index < -0.39 is 5.25 Å². The average molecular weight is 375 g/mol. The molecule has 2 amide bonds. The minimum atomic E-state index is -0.430. The third kappa shape index (κ3) is 4.55. The van der Waals surface area contributed by atoms with Gasteiger partial charge in [-0.05, 0) is 29.7 Å². The Balaban J connectivity index is 1.54. The molecule has 2 atom stereocenters. The van der Waals surface area contributed by atoms with Crippen LogP contribution < -0.4 is 10.6 Å². The molecule has 0 saturated carbocycles. The van der Waals surface area contributed by atoms with Gasteiger partial charge in [0.2, 0.25) is 11.8 Å². The molecule has 1 heterocycles. The number of carbonyl (C=O) groups excluding carboxylic acids is 2. The first kappa shape index (κ1) is 17.8. The molecular formula is C19H19ClN2O2S. The predicted molar refractivity (Wildman–Crippen MR) is 102 cm³/mol. The van der Waals surface area contributed by atoms with Gasteiger partial charge in [-0.2, -0.15) is 0 Å². The van der Waals surface area contributed by atoms with E-state index in [1.807, 2.05) is 36.4 Å². The van der Waals surface area contributed by atoms with E-state index in [4.69, 9.17) is 11.6 Å². The summed E-state index contributed by atoms with van der Waals surface area (Å²) < 4.78 is 0. The maximum atomic E-state index is 12.2. The number of anilines is 1. The summed E-state index contributed by atoms with van der Waals surface area (Å²) in [5, 5.41) is 5.90. The largest absolute Gasteiger partial charge is 0.355 e. The molecule has 0 aromatic heterocycles. The van der Waals surface area contributed by atoms with Gasteiger partial charge in [0.1, 0.15) is 0 Å². The van der Waals surface area contributed by atoms with Crippen molar-refractivity contribution in [2.24, 2.45) is 0 Å². The number of halogens is 1. The van der Waals surface area contributed by atoms with Gasteiger partial charge in [-0.25, -0.2) is 0 Å². The molecule has 2 aromatic rings. The fourth-order valence-corrected chi connectivity index (χ4v) is 3.93. The summed E-state index contributed by atoms with van der Waals surface area (Å²) in [6.07, 6.45) is 0.153. The lowest BCUT2D eigenvalue weighted by Gasteiger charge is -2.24. The van der Waals surface area contributed by atoms with E-state index in [1.54, 1.807) is 12.1 Å². The summed E-state index contributed by atoms with van der Waals surface area (Å²) >= 11 is 7.34. The Morgan fingerprint density at radius 3 is 2.80 bits per heavy atom. The van der Waals surface area contributed by atoms with E-state index in [2.05, 4.69) is 17.6 Å². The fraction of sp³-hybridized carbons (Fsp3) is 0.263. The molecule has 1 aliphatic rings. The van der Waals surface area contributed by atoms with Gasteiger partial charge in [-0.3, -0.25) is 9.59 Å². The molecule has 2 unspecified atom stereocenters. The van der Waals surface area contributed by atoms with Crippen LogP contribution in [0.1, 0.15) is 24.8 Å². The lowest BCUT2D eigenvalue weighted by molar-refractivity contribution is -0.124. The molecule has 0 saturated heterocycles. The molecule has 0 fully saturated rings. The van der Waals surface area contributed by atoms with E-state index in [0.29, 0.717) is 17.3 Å². The summed E-state index contributed by atoms with van der Waals surface area (Å²) in [6.45, 7) is 2.62. The van der Waals surface area contributed by atoms with E-state index in [1.165, 1.54) is 17.3 Å². The molecule has 2 N–H and O–H groups in total. The summed E-state index contributed by atoms with van der Waals surface area (Å²) in [6, 6.07) is 15.4. The maximum absolute atomic E-state index is 12.2. The van der Waals surface area contributed by atoms with Crippen LogP contribution in [0.5, 0.6) is 0 Å². The monoisotopic (exact) mass is 374 g/mol. The number of carbonyl (C=O) groups is 2. The predicted octanol–water partition coefficient (Wildman–Crippen LogP) is 4.06. The van der Waals surface area contributed by atoms with E-state index >= 15 is 0 Å². The molecule has 130 valence electrons. The van der Waals surface area contributed by atoms with Gasteiger partial charge in [0, 0.05) is 22.9 Å². The van der Waals surface area contributed by atoms with Crippen LogP contribution in [0.15, 0.2) is 53.4 Å². The number of nitrogens with one attached hydrogen (secondary N) is 2. The lowest BCUT2D eigenvalue weighted by Crippen LogP contribution is -2.36. The van der Waals surface area contributed by atoms with Crippen LogP contribution in [0.3, 0.4) is 0 Å². The van der Waals surface area contributed by atoms with Gasteiger partial charge >= 0.3 is 0 Å². The van der Waals surface area contributed by atoms with Crippen molar-refractivity contribution in [2.75, 3.05) is 11.9 Å². The van der Waals surface area contributed by atoms with Crippen LogP contribution in [-0.2, 0) is 9.59 Å². The number of hydrogen-bond acceptors (Lipinski definition) is 3. The Morgan fingerprint density at radius 2 is 2.04 bits per heavy atom. The maximum Gasteiger partial charge on any atom is 0.238 e. The Labute approximate surface area is 156 Å². The Hall–Kier alpha value is -1.98. The van der Waals surface area contributed by atoms with Crippen molar-refractivity contribution >= 4 is 40.9 Å². The highest BCUT2D eigenvalue weighted by molar-refractivity contribution is 8.01. The fourth-order valence-electron chi connectivity index (χ4n) is 2.66. The molecule has 3 rings (SSSR count). The van der Waals surface area contributed by atoms with Crippen molar-refractivity contribution in [2.45, 2.75) is 29.4 Å². The van der Waals surface area contributed by atoms with Crippen LogP contribution in [0.25, 0.3) is 0 Å². The molecule has 25 heavy (non-hydrogen) atoms. The second kappa shape index (κ2) is 7.93. The van der Waals surface area contributed by atoms with Crippen molar-refractivity contribution in [1.82, 2.24) is 5.32 Å². The summed E-state index contributed by atoms with van der Waals surface area (Å²) in [5.74, 6) is -0.0558. The van der Waals surface area contributed by atoms with Crippen LogP contribution in [0.2, 0.25) is 5.02 Å². The van der Waals surface area contributed by atoms with Crippen molar-refractivity contribution in [3.63, 3.8) is 0 Å². The number of benzene rings is 2. The zero-order valence-electron chi connectivity index (χ0n) is 13.8. The first-order valence-corrected chi connectivity index (χ1v) is 9.37. The zero-order chi connectivity index (χ0) is 17.8. The third-order valence-corrected chi connectivity index (χ3v) is 5.62. The first-order valence-electron chi connectivity index (χ1n) is 8.11. The highest BCUT2D eigenvalue weighted by Gasteiger charge is 2.29. The van der Waals surface area contributed by atoms with Gasteiger partial charge in [-0.1, -0.05) is 48.9 Å². The SMILES string of the molecule is CC(CNC(=O)CC1Sc2ccc(Cl)cc2NC1=O)c1ccccc1. The molecule has 4 nitrogen and oxygen atoms in total. The standard InChI is InChI=1S/C19H19ClN2O2S/c1-12(13-5-3-2-4-6-13)11-21-18(23)10-17-19(24)22-15-9-14(20)7-8-16(15)25-17/h2-9,12,17H,10-11H2,1H3,(H,21,23)(H,22,24). The quantitative estimate of drug-likeness (QED) is 0.829. The number of rotatable bonds is 5. The molecule has 1 aliphatic heterocycles. The third-order valence-electron chi connectivity index (χ3n) is 4.11. The molecule has 6 heteroatoms. The summed E-state index contributed by atoms with van der Waals surface area (Å²) in [5.41, 5.74) is 1.88. The number of hydrogen-bond donors (Lipinski definition) is 2. The minimum Gasteiger partial charge on any atom is -0.355 e. The highest BCUT2D eigenvalue weighted by atomic mass is 35.5. The van der Waals surface area contributed by atoms with Gasteiger partial charge in [0.15, 0.2) is 0 Å². The van der Waals surface area contributed by atoms with Gasteiger partial charge in [0.05, 0.1) is 10.9 Å². The highest BCUT2D eigenvalue weighted by Crippen LogP contribution is 2.38. The second-order valence-corrected chi connectivity index (χ2v) is 7.74. The normalized spacial score (nSPS) is 17.4. The minimum absolute atomic E-state index is 0.118. The molecule has 0 bridgehead atoms. The van der Waals surface area contributed by atoms with Crippen LogP contribution in [0, 0.1) is 0 Å². The van der Waals surface area contributed by atoms with E-state index in [0.717, 1.165) is 4.90 Å². The van der Waals surface area contributed by atoms with E-state index in [-0.39, 0.29) is 24.2 Å². The van der Waals surface area contributed by atoms with Crippen LogP contribution >= 0.6 is 23.4 Å².